The topological polar surface area (TPSA) is 75.5 Å². The Bertz CT molecular complexity index is 934. The number of imide groups is 2. The first kappa shape index (κ1) is 17.5. The Morgan fingerprint density at radius 1 is 0.962 bits per heavy atom. The van der Waals surface area contributed by atoms with Gasteiger partial charge in [-0.15, -0.1) is 0 Å². The molecule has 0 spiro atoms. The van der Waals surface area contributed by atoms with Gasteiger partial charge in [-0.1, -0.05) is 0 Å². The van der Waals surface area contributed by atoms with Gasteiger partial charge in [-0.25, -0.2) is 13.9 Å². The molecule has 134 valence electrons. The smallest absolute Gasteiger partial charge is 0.268 e. The zero-order valence-corrected chi connectivity index (χ0v) is 14.8. The number of benzene rings is 1. The Morgan fingerprint density at radius 2 is 1.50 bits per heavy atom. The monoisotopic (exact) mass is 356 g/mol. The average molecular weight is 356 g/mol. The zero-order chi connectivity index (χ0) is 19.2. The van der Waals surface area contributed by atoms with Gasteiger partial charge in [-0.05, 0) is 44.2 Å². The Hall–Kier alpha value is -3.29. The molecule has 0 atom stereocenters. The van der Waals surface area contributed by atoms with Gasteiger partial charge in [0.1, 0.15) is 11.4 Å². The molecule has 0 bridgehead atoms. The Balaban J connectivity index is 2.09. The van der Waals surface area contributed by atoms with Crippen LogP contribution in [0.1, 0.15) is 17.0 Å². The number of amides is 4. The van der Waals surface area contributed by atoms with Crippen LogP contribution in [0.2, 0.25) is 0 Å². The highest BCUT2D eigenvalue weighted by atomic mass is 19.1. The summed E-state index contributed by atoms with van der Waals surface area (Å²) >= 11 is 0. The highest BCUT2D eigenvalue weighted by Gasteiger charge is 2.38. The fraction of sp³-hybridized carbons (Fsp3) is 0.222. The molecule has 1 saturated heterocycles. The van der Waals surface area contributed by atoms with Gasteiger partial charge in [0.05, 0.1) is 11.4 Å². The van der Waals surface area contributed by atoms with E-state index in [-0.39, 0.29) is 11.4 Å². The third-order valence-corrected chi connectivity index (χ3v) is 4.35. The normalized spacial score (nSPS) is 15.1. The number of nitrogens with zero attached hydrogens (tertiary/aromatic N) is 4. The molecule has 8 heteroatoms. The number of carbonyl (C=O) groups is 3. The Kier molecular flexibility index (Phi) is 4.19. The van der Waals surface area contributed by atoms with Crippen LogP contribution < -0.4 is 0 Å². The molecule has 0 N–H and O–H groups in total. The van der Waals surface area contributed by atoms with E-state index >= 15 is 0 Å². The maximum atomic E-state index is 13.1. The van der Waals surface area contributed by atoms with Crippen molar-refractivity contribution in [2.24, 2.45) is 0 Å². The molecule has 26 heavy (non-hydrogen) atoms. The number of aromatic nitrogens is 2. The van der Waals surface area contributed by atoms with Gasteiger partial charge < -0.3 is 0 Å². The van der Waals surface area contributed by atoms with Crippen molar-refractivity contribution in [3.05, 3.63) is 52.6 Å². The van der Waals surface area contributed by atoms with Crippen molar-refractivity contribution in [2.45, 2.75) is 13.8 Å². The fourth-order valence-corrected chi connectivity index (χ4v) is 2.82. The van der Waals surface area contributed by atoms with Gasteiger partial charge in [0, 0.05) is 25.4 Å². The minimum absolute atomic E-state index is 0.112. The van der Waals surface area contributed by atoms with Crippen molar-refractivity contribution in [1.29, 1.82) is 0 Å². The van der Waals surface area contributed by atoms with Crippen LogP contribution in [-0.2, 0) is 9.59 Å². The van der Waals surface area contributed by atoms with Gasteiger partial charge in [0.15, 0.2) is 0 Å². The van der Waals surface area contributed by atoms with Gasteiger partial charge in [0.25, 0.3) is 11.8 Å². The van der Waals surface area contributed by atoms with Crippen LogP contribution in [0.4, 0.5) is 9.18 Å². The SMILES string of the molecule is Cc1nn(-c2ccc(F)cc2)c(C)c1C=C1C(=O)N(C)C(=O)N(C)C1=O. The maximum Gasteiger partial charge on any atom is 0.333 e. The lowest BCUT2D eigenvalue weighted by Crippen LogP contribution is -2.52. The summed E-state index contributed by atoms with van der Waals surface area (Å²) in [6, 6.07) is 5.15. The van der Waals surface area contributed by atoms with E-state index in [1.54, 1.807) is 30.7 Å². The minimum Gasteiger partial charge on any atom is -0.268 e. The molecular formula is C18H17FN4O3. The molecule has 0 radical (unpaired) electrons. The maximum absolute atomic E-state index is 13.1. The minimum atomic E-state index is -0.674. The molecule has 2 heterocycles. The molecule has 2 aromatic rings. The lowest BCUT2D eigenvalue weighted by Gasteiger charge is -2.28. The van der Waals surface area contributed by atoms with E-state index in [2.05, 4.69) is 5.10 Å². The molecular weight excluding hydrogens is 339 g/mol. The molecule has 1 aromatic heterocycles. The van der Waals surface area contributed by atoms with Gasteiger partial charge >= 0.3 is 6.03 Å². The third kappa shape index (κ3) is 2.69. The second-order valence-corrected chi connectivity index (χ2v) is 6.04. The van der Waals surface area contributed by atoms with E-state index in [0.29, 0.717) is 22.6 Å². The zero-order valence-electron chi connectivity index (χ0n) is 14.8. The van der Waals surface area contributed by atoms with Crippen molar-refractivity contribution in [3.63, 3.8) is 0 Å². The van der Waals surface area contributed by atoms with Crippen LogP contribution in [-0.4, -0.2) is 51.5 Å². The average Bonchev–Trinajstić information content (AvgIpc) is 2.90. The van der Waals surface area contributed by atoms with Crippen molar-refractivity contribution in [2.75, 3.05) is 14.1 Å². The second kappa shape index (κ2) is 6.21. The number of aryl methyl sites for hydroxylation is 1. The van der Waals surface area contributed by atoms with E-state index < -0.39 is 17.8 Å². The van der Waals surface area contributed by atoms with Crippen LogP contribution in [0.5, 0.6) is 0 Å². The summed E-state index contributed by atoms with van der Waals surface area (Å²) in [7, 11) is 2.65. The first-order chi connectivity index (χ1) is 12.2. The molecule has 7 nitrogen and oxygen atoms in total. The molecule has 0 unspecified atom stereocenters. The summed E-state index contributed by atoms with van der Waals surface area (Å²) in [5.74, 6) is -1.68. The van der Waals surface area contributed by atoms with Crippen LogP contribution in [0.3, 0.4) is 0 Å². The summed E-state index contributed by atoms with van der Waals surface area (Å²) in [4.78, 5) is 38.3. The summed E-state index contributed by atoms with van der Waals surface area (Å²) in [5, 5.41) is 4.41. The molecule has 4 amide bonds. The lowest BCUT2D eigenvalue weighted by molar-refractivity contribution is -0.134. The largest absolute Gasteiger partial charge is 0.333 e. The van der Waals surface area contributed by atoms with Gasteiger partial charge in [0.2, 0.25) is 0 Å². The van der Waals surface area contributed by atoms with Gasteiger partial charge in [-0.3, -0.25) is 19.4 Å². The van der Waals surface area contributed by atoms with Gasteiger partial charge in [-0.2, -0.15) is 5.10 Å². The van der Waals surface area contributed by atoms with Crippen molar-refractivity contribution in [1.82, 2.24) is 19.6 Å². The number of likely N-dealkylation sites (N-methyl/N-ethyl adjacent to an activating group) is 2. The van der Waals surface area contributed by atoms with E-state index in [1.807, 2.05) is 0 Å². The highest BCUT2D eigenvalue weighted by molar-refractivity contribution is 6.30. The molecule has 1 aliphatic rings. The third-order valence-electron chi connectivity index (χ3n) is 4.35. The van der Waals surface area contributed by atoms with Crippen LogP contribution >= 0.6 is 0 Å². The quantitative estimate of drug-likeness (QED) is 0.610. The van der Waals surface area contributed by atoms with E-state index in [0.717, 1.165) is 9.80 Å². The molecule has 0 saturated carbocycles. The number of rotatable bonds is 2. The second-order valence-electron chi connectivity index (χ2n) is 6.04. The van der Waals surface area contributed by atoms with Crippen LogP contribution in [0.15, 0.2) is 29.8 Å². The van der Waals surface area contributed by atoms with Crippen LogP contribution in [0, 0.1) is 19.7 Å². The van der Waals surface area contributed by atoms with Crippen molar-refractivity contribution >= 4 is 23.9 Å². The first-order valence-corrected chi connectivity index (χ1v) is 7.86. The van der Waals surface area contributed by atoms with Crippen molar-refractivity contribution < 1.29 is 18.8 Å². The molecule has 3 rings (SSSR count). The molecule has 1 aromatic carbocycles. The molecule has 1 fully saturated rings. The standard InChI is InChI=1S/C18H17FN4O3/c1-10-14(9-15-16(24)21(3)18(26)22(4)17(15)25)11(2)23(20-10)13-7-5-12(19)6-8-13/h5-9H,1-4H3. The number of barbiturate groups is 1. The van der Waals surface area contributed by atoms with E-state index in [4.69, 9.17) is 0 Å². The molecule has 0 aliphatic carbocycles. The predicted octanol–water partition coefficient (Wildman–Crippen LogP) is 2.06. The highest BCUT2D eigenvalue weighted by Crippen LogP contribution is 2.23. The molecule has 1 aliphatic heterocycles. The summed E-state index contributed by atoms with van der Waals surface area (Å²) in [6.45, 7) is 3.53. The number of hydrogen-bond acceptors (Lipinski definition) is 4. The number of halogens is 1. The predicted molar refractivity (Wildman–Crippen MR) is 91.9 cm³/mol. The van der Waals surface area contributed by atoms with E-state index in [9.17, 15) is 18.8 Å². The Morgan fingerprint density at radius 3 is 2.04 bits per heavy atom. The lowest BCUT2D eigenvalue weighted by atomic mass is 10.1. The summed E-state index contributed by atoms with van der Waals surface area (Å²) in [5.41, 5.74) is 2.43. The summed E-state index contributed by atoms with van der Waals surface area (Å²) in [6.07, 6.45) is 1.45. The fourth-order valence-electron chi connectivity index (χ4n) is 2.82. The van der Waals surface area contributed by atoms with E-state index in [1.165, 1.54) is 32.3 Å². The first-order valence-electron chi connectivity index (χ1n) is 7.86. The summed E-state index contributed by atoms with van der Waals surface area (Å²) < 4.78 is 14.7. The number of carbonyl (C=O) groups excluding carboxylic acids is 3. The number of hydrogen-bond donors (Lipinski definition) is 0. The van der Waals surface area contributed by atoms with Crippen molar-refractivity contribution in [3.8, 4) is 5.69 Å². The Labute approximate surface area is 149 Å². The number of urea groups is 1. The van der Waals surface area contributed by atoms with Crippen LogP contribution in [0.25, 0.3) is 11.8 Å².